The molecule has 0 spiro atoms. The van der Waals surface area contributed by atoms with Gasteiger partial charge in [0.1, 0.15) is 92.5 Å². The fourth-order valence-electron chi connectivity index (χ4n) is 7.09. The molecule has 0 unspecified atom stereocenters. The Bertz CT molecular complexity index is 4480. The minimum absolute atomic E-state index is 0. The first-order chi connectivity index (χ1) is 35.3. The topological polar surface area (TPSA) is 455 Å². The third kappa shape index (κ3) is 15.6. The minimum atomic E-state index is -6.06. The van der Waals surface area contributed by atoms with Crippen LogP contribution in [0, 0.1) is 0 Å². The fraction of sp³-hybridized carbons (Fsp3) is 0. The van der Waals surface area contributed by atoms with E-state index in [2.05, 4.69) is 61.2 Å². The van der Waals surface area contributed by atoms with Gasteiger partial charge in [-0.15, -0.1) is 0 Å². The zero-order valence-corrected chi connectivity index (χ0v) is 59.1. The first-order valence-electron chi connectivity index (χ1n) is 19.3. The summed E-state index contributed by atoms with van der Waals surface area (Å²) in [4.78, 5) is 23.2. The predicted octanol–water partition coefficient (Wildman–Crippen LogP) is -9.39. The molecule has 5 aromatic carbocycles. The first kappa shape index (κ1) is 72.3. The number of halogens is 6. The number of fused-ring (bicyclic) bond motifs is 4. The van der Waals surface area contributed by atoms with E-state index in [0.29, 0.717) is 12.1 Å². The summed E-state index contributed by atoms with van der Waals surface area (Å²) in [5.74, 6) is -3.98. The van der Waals surface area contributed by atoms with Crippen LogP contribution in [-0.4, -0.2) is 94.8 Å². The van der Waals surface area contributed by atoms with Crippen LogP contribution in [0.1, 0.15) is 0 Å². The molecule has 45 heteroatoms. The van der Waals surface area contributed by atoms with E-state index in [9.17, 15) is 64.9 Å². The van der Waals surface area contributed by atoms with Gasteiger partial charge in [0.25, 0.3) is 0 Å². The number of benzene rings is 5. The third-order valence-corrected chi connectivity index (χ3v) is 15.9. The average Bonchev–Trinajstić information content (AvgIpc) is 3.28. The SMILES string of the molecule is O=S(=O)([O-])c1cc(Nc2nc(Cl)nc(Cl)n2)ccc1Nc1ccc2c(c1S(=O)(=O)[O-])Oc1c(Cl)c3c(c(Cl)c1=N2)Oc1c(ccc(Nc2ccc(Nc4nc(Cl)nc(Cl)n4)c(S(=O)(=O)[O-])c2S(=O)(=O)[O-])c1S(=O)(=O)[O-])N=3.[Na+].[Na+].[Na+].[Na+].[Na+]. The Morgan fingerprint density at radius 3 is 1.06 bits per heavy atom. The molecular formula is C36H13Cl6N12Na5O17S5. The molecule has 7 aromatic rings. The molecule has 4 heterocycles. The molecule has 0 bridgehead atoms. The van der Waals surface area contributed by atoms with Crippen LogP contribution in [0.25, 0.3) is 0 Å². The quantitative estimate of drug-likeness (QED) is 0.0615. The second-order valence-corrected chi connectivity index (χ2v) is 23.4. The Hall–Kier alpha value is -1.19. The summed E-state index contributed by atoms with van der Waals surface area (Å²) in [6.07, 6.45) is 0. The number of nitrogens with zero attached hydrogens (tertiary/aromatic N) is 8. The smallest absolute Gasteiger partial charge is 0.744 e. The Labute approximate surface area is 595 Å². The van der Waals surface area contributed by atoms with Gasteiger partial charge in [-0.25, -0.2) is 52.1 Å². The molecule has 0 saturated heterocycles. The third-order valence-electron chi connectivity index (χ3n) is 9.87. The van der Waals surface area contributed by atoms with Gasteiger partial charge >= 0.3 is 148 Å². The van der Waals surface area contributed by atoms with Crippen molar-refractivity contribution in [2.45, 2.75) is 24.5 Å². The summed E-state index contributed by atoms with van der Waals surface area (Å²) >= 11 is 36.5. The molecule has 0 amide bonds. The van der Waals surface area contributed by atoms with Crippen molar-refractivity contribution in [2.75, 3.05) is 21.3 Å². The summed E-state index contributed by atoms with van der Waals surface area (Å²) in [5.41, 5.74) is -5.30. The van der Waals surface area contributed by atoms with Crippen molar-refractivity contribution in [2.24, 2.45) is 9.98 Å². The van der Waals surface area contributed by atoms with Gasteiger partial charge in [0.2, 0.25) is 33.0 Å². The predicted molar refractivity (Wildman–Crippen MR) is 257 cm³/mol. The van der Waals surface area contributed by atoms with Gasteiger partial charge in [-0.05, 0) is 101 Å². The van der Waals surface area contributed by atoms with Crippen molar-refractivity contribution in [3.8, 4) is 23.0 Å². The van der Waals surface area contributed by atoms with Crippen molar-refractivity contribution in [3.05, 3.63) is 96.5 Å². The van der Waals surface area contributed by atoms with Gasteiger partial charge in [-0.1, -0.05) is 23.2 Å². The Kier molecular flexibility index (Phi) is 24.1. The van der Waals surface area contributed by atoms with Gasteiger partial charge in [0.05, 0.1) is 43.1 Å². The minimum Gasteiger partial charge on any atom is -0.744 e. The molecule has 0 fully saturated rings. The maximum absolute atomic E-state index is 13.1. The molecule has 0 saturated carbocycles. The second-order valence-electron chi connectivity index (χ2n) is 14.7. The molecule has 396 valence electrons. The summed E-state index contributed by atoms with van der Waals surface area (Å²) in [6, 6.07) is 8.02. The van der Waals surface area contributed by atoms with Gasteiger partial charge in [-0.3, -0.25) is 0 Å². The monoisotopic (exact) mass is 1370 g/mol. The summed E-state index contributed by atoms with van der Waals surface area (Å²) in [7, 11) is -29.0. The molecule has 2 aliphatic heterocycles. The molecule has 81 heavy (non-hydrogen) atoms. The van der Waals surface area contributed by atoms with Gasteiger partial charge < -0.3 is 53.5 Å². The maximum Gasteiger partial charge on any atom is 1.00 e. The first-order valence-corrected chi connectivity index (χ1v) is 28.6. The summed E-state index contributed by atoms with van der Waals surface area (Å²) in [5, 5.41) is 5.26. The van der Waals surface area contributed by atoms with E-state index < -0.39 is 175 Å². The van der Waals surface area contributed by atoms with Gasteiger partial charge in [-0.2, -0.15) is 29.9 Å². The van der Waals surface area contributed by atoms with Crippen LogP contribution in [0.2, 0.25) is 31.2 Å². The molecule has 4 N–H and O–H groups in total. The maximum atomic E-state index is 13.1. The van der Waals surface area contributed by atoms with Gasteiger partial charge in [0.15, 0.2) is 23.0 Å². The molecule has 2 aromatic heterocycles. The Balaban J connectivity index is 0.00000282. The standard InChI is InChI=1S/C36H18Cl6N12O17S5.5Na/c37-19-22-26(71-24-13(47-22)4-6-15(28(24)74(61,62)63)45-16-7-8-17(48-36-53-33(41)50-34(42)54-36)30(76(67,68)69)29(16)75(64,65)66)20(38)21-25(19)70-23-12(46-21)3-5-14(27(23)73(58,59)60)44-11-2-1-10(9-18(11)72(55,56)57)43-35-51-31(39)49-32(40)52-35;;;;;/h1-9,44-45H,(H,55,56,57)(H,58,59,60)(H,61,62,63)(H,64,65,66)(H,67,68,69)(H,43,49,51,52)(H,48,50,53,54);;;;;/q;5*+1/p-5. The Morgan fingerprint density at radius 2 is 0.691 bits per heavy atom. The largest absolute Gasteiger partial charge is 1.00 e. The normalized spacial score (nSPS) is 12.3. The number of aromatic nitrogens is 6. The van der Waals surface area contributed by atoms with Crippen molar-refractivity contribution in [3.63, 3.8) is 0 Å². The average molecular weight is 1370 g/mol. The van der Waals surface area contributed by atoms with Crippen LogP contribution in [0.4, 0.5) is 57.4 Å². The molecule has 29 nitrogen and oxygen atoms in total. The zero-order chi connectivity index (χ0) is 55.4. The molecule has 2 aliphatic rings. The molecule has 0 radical (unpaired) electrons. The van der Waals surface area contributed by atoms with Crippen molar-refractivity contribution < 1.29 is 222 Å². The van der Waals surface area contributed by atoms with E-state index in [1.54, 1.807) is 0 Å². The number of nitrogens with one attached hydrogen (secondary N) is 4. The van der Waals surface area contributed by atoms with E-state index >= 15 is 0 Å². The zero-order valence-electron chi connectivity index (χ0n) is 40.5. The number of ether oxygens (including phenoxy) is 2. The van der Waals surface area contributed by atoms with Crippen LogP contribution >= 0.6 is 69.6 Å². The number of hydrogen-bond acceptors (Lipinski definition) is 29. The number of hydrogen-bond donors (Lipinski definition) is 4. The van der Waals surface area contributed by atoms with Gasteiger partial charge in [0, 0.05) is 5.69 Å². The molecular weight excluding hydrogens is 1360 g/mol. The van der Waals surface area contributed by atoms with Crippen LogP contribution in [-0.2, 0) is 50.6 Å². The van der Waals surface area contributed by atoms with Crippen LogP contribution in [0.5, 0.6) is 23.0 Å². The van der Waals surface area contributed by atoms with E-state index in [1.807, 2.05) is 0 Å². The molecule has 9 rings (SSSR count). The fourth-order valence-corrected chi connectivity index (χ4v) is 12.6. The van der Waals surface area contributed by atoms with E-state index in [0.717, 1.165) is 36.4 Å². The number of rotatable bonds is 13. The van der Waals surface area contributed by atoms with Crippen LogP contribution in [0.3, 0.4) is 0 Å². The molecule has 0 atom stereocenters. The van der Waals surface area contributed by atoms with Crippen molar-refractivity contribution in [1.82, 2.24) is 29.9 Å². The van der Waals surface area contributed by atoms with Crippen molar-refractivity contribution >= 4 is 178 Å². The molecule has 0 aliphatic carbocycles. The van der Waals surface area contributed by atoms with E-state index in [-0.39, 0.29) is 170 Å². The van der Waals surface area contributed by atoms with Crippen molar-refractivity contribution in [1.29, 1.82) is 0 Å². The Morgan fingerprint density at radius 1 is 0.370 bits per heavy atom. The number of anilines is 8. The summed E-state index contributed by atoms with van der Waals surface area (Å²) < 4.78 is 204. The van der Waals surface area contributed by atoms with Crippen LogP contribution < -0.4 is 189 Å². The van der Waals surface area contributed by atoms with E-state index in [1.165, 1.54) is 6.07 Å². The second kappa shape index (κ2) is 27.1. The van der Waals surface area contributed by atoms with Crippen LogP contribution in [0.15, 0.2) is 89.1 Å². The summed E-state index contributed by atoms with van der Waals surface area (Å²) in [6.45, 7) is 0. The van der Waals surface area contributed by atoms with E-state index in [4.69, 9.17) is 79.1 Å².